The second-order valence-corrected chi connectivity index (χ2v) is 4.25. The molecule has 2 rings (SSSR count). The number of hydrogen-bond acceptors (Lipinski definition) is 6. The Morgan fingerprint density at radius 2 is 2.28 bits per heavy atom. The van der Waals surface area contributed by atoms with Gasteiger partial charge in [0.25, 0.3) is 5.89 Å². The molecule has 0 spiro atoms. The molecule has 0 fully saturated rings. The van der Waals surface area contributed by atoms with E-state index in [0.29, 0.717) is 23.2 Å². The fourth-order valence-corrected chi connectivity index (χ4v) is 1.44. The standard InChI is InChI=1S/C12H16N4O2/c1-4-12(2,13)11-15-10(18-16-11)8-6-5-7-14-9(8)17-3/h5-7H,4,13H2,1-3H3. The van der Waals surface area contributed by atoms with E-state index in [4.69, 9.17) is 15.0 Å². The first-order valence-corrected chi connectivity index (χ1v) is 5.71. The summed E-state index contributed by atoms with van der Waals surface area (Å²) in [6.07, 6.45) is 2.36. The van der Waals surface area contributed by atoms with E-state index in [1.807, 2.05) is 19.9 Å². The summed E-state index contributed by atoms with van der Waals surface area (Å²) in [5.74, 6) is 1.29. The summed E-state index contributed by atoms with van der Waals surface area (Å²) in [6.45, 7) is 3.84. The summed E-state index contributed by atoms with van der Waals surface area (Å²) in [7, 11) is 1.54. The van der Waals surface area contributed by atoms with Crippen LogP contribution < -0.4 is 10.5 Å². The lowest BCUT2D eigenvalue weighted by atomic mass is 10.0. The lowest BCUT2D eigenvalue weighted by molar-refractivity contribution is 0.373. The first-order valence-electron chi connectivity index (χ1n) is 5.71. The van der Waals surface area contributed by atoms with E-state index in [2.05, 4.69) is 15.1 Å². The average Bonchev–Trinajstić information content (AvgIpc) is 2.89. The Balaban J connectivity index is 2.41. The molecule has 0 saturated heterocycles. The molecule has 1 unspecified atom stereocenters. The highest BCUT2D eigenvalue weighted by Crippen LogP contribution is 2.28. The van der Waals surface area contributed by atoms with Gasteiger partial charge >= 0.3 is 0 Å². The first kappa shape index (κ1) is 12.5. The topological polar surface area (TPSA) is 87.1 Å². The normalized spacial score (nSPS) is 14.2. The van der Waals surface area contributed by atoms with E-state index >= 15 is 0 Å². The van der Waals surface area contributed by atoms with Gasteiger partial charge < -0.3 is 15.0 Å². The molecule has 6 heteroatoms. The zero-order valence-electron chi connectivity index (χ0n) is 10.7. The summed E-state index contributed by atoms with van der Waals surface area (Å²) in [4.78, 5) is 8.39. The van der Waals surface area contributed by atoms with Crippen LogP contribution in [0.1, 0.15) is 26.1 Å². The predicted molar refractivity (Wildman–Crippen MR) is 65.9 cm³/mol. The van der Waals surface area contributed by atoms with Crippen LogP contribution in [0.3, 0.4) is 0 Å². The average molecular weight is 248 g/mol. The molecule has 2 N–H and O–H groups in total. The third-order valence-corrected chi connectivity index (χ3v) is 2.87. The first-order chi connectivity index (χ1) is 8.58. The zero-order chi connectivity index (χ0) is 13.2. The van der Waals surface area contributed by atoms with Gasteiger partial charge in [-0.2, -0.15) is 4.98 Å². The van der Waals surface area contributed by atoms with Crippen molar-refractivity contribution in [2.75, 3.05) is 7.11 Å². The van der Waals surface area contributed by atoms with E-state index in [1.54, 1.807) is 19.4 Å². The van der Waals surface area contributed by atoms with Crippen LogP contribution in [0, 0.1) is 0 Å². The van der Waals surface area contributed by atoms with Crippen LogP contribution in [0.4, 0.5) is 0 Å². The molecule has 0 bridgehead atoms. The molecule has 0 aliphatic carbocycles. The minimum atomic E-state index is -0.600. The van der Waals surface area contributed by atoms with Crippen molar-refractivity contribution in [3.63, 3.8) is 0 Å². The van der Waals surface area contributed by atoms with Gasteiger partial charge in [0, 0.05) is 6.20 Å². The van der Waals surface area contributed by atoms with Crippen LogP contribution in [0.15, 0.2) is 22.9 Å². The fraction of sp³-hybridized carbons (Fsp3) is 0.417. The van der Waals surface area contributed by atoms with Gasteiger partial charge in [-0.25, -0.2) is 4.98 Å². The number of ether oxygens (including phenoxy) is 1. The van der Waals surface area contributed by atoms with Crippen LogP contribution in [0.5, 0.6) is 5.88 Å². The van der Waals surface area contributed by atoms with Gasteiger partial charge in [-0.05, 0) is 25.5 Å². The zero-order valence-corrected chi connectivity index (χ0v) is 10.7. The molecule has 0 amide bonds. The van der Waals surface area contributed by atoms with Crippen LogP contribution >= 0.6 is 0 Å². The van der Waals surface area contributed by atoms with Crippen LogP contribution in [-0.2, 0) is 5.54 Å². The molecule has 0 radical (unpaired) electrons. The highest BCUT2D eigenvalue weighted by molar-refractivity contribution is 5.59. The van der Waals surface area contributed by atoms with Crippen molar-refractivity contribution in [3.05, 3.63) is 24.2 Å². The Morgan fingerprint density at radius 1 is 1.50 bits per heavy atom. The van der Waals surface area contributed by atoms with Crippen molar-refractivity contribution in [2.24, 2.45) is 5.73 Å². The maximum absolute atomic E-state index is 6.07. The van der Waals surface area contributed by atoms with Gasteiger partial charge in [-0.1, -0.05) is 12.1 Å². The quantitative estimate of drug-likeness (QED) is 0.886. The summed E-state index contributed by atoms with van der Waals surface area (Å²) in [6, 6.07) is 3.59. The molecule has 0 aliphatic heterocycles. The fourth-order valence-electron chi connectivity index (χ4n) is 1.44. The molecule has 2 aromatic heterocycles. The molecule has 0 aromatic carbocycles. The van der Waals surface area contributed by atoms with E-state index in [9.17, 15) is 0 Å². The van der Waals surface area contributed by atoms with E-state index in [1.165, 1.54) is 0 Å². The van der Waals surface area contributed by atoms with Crippen LogP contribution in [0.25, 0.3) is 11.5 Å². The number of hydrogen-bond donors (Lipinski definition) is 1. The second kappa shape index (κ2) is 4.73. The van der Waals surface area contributed by atoms with E-state index < -0.39 is 5.54 Å². The minimum absolute atomic E-state index is 0.361. The van der Waals surface area contributed by atoms with Crippen molar-refractivity contribution in [1.29, 1.82) is 0 Å². The smallest absolute Gasteiger partial charge is 0.263 e. The summed E-state index contributed by atoms with van der Waals surface area (Å²) >= 11 is 0. The highest BCUT2D eigenvalue weighted by atomic mass is 16.5. The SMILES string of the molecule is CCC(C)(N)c1noc(-c2cccnc2OC)n1. The Kier molecular flexibility index (Phi) is 3.29. The summed E-state index contributed by atoms with van der Waals surface area (Å²) in [5, 5.41) is 3.92. The predicted octanol–water partition coefficient (Wildman–Crippen LogP) is 1.72. The summed E-state index contributed by atoms with van der Waals surface area (Å²) in [5.41, 5.74) is 6.13. The molecule has 1 atom stereocenters. The van der Waals surface area contributed by atoms with Crippen molar-refractivity contribution in [2.45, 2.75) is 25.8 Å². The van der Waals surface area contributed by atoms with Crippen molar-refractivity contribution in [3.8, 4) is 17.3 Å². The molecule has 0 saturated carbocycles. The molecular formula is C12H16N4O2. The van der Waals surface area contributed by atoms with Crippen molar-refractivity contribution >= 4 is 0 Å². The lowest BCUT2D eigenvalue weighted by Gasteiger charge is -2.16. The summed E-state index contributed by atoms with van der Waals surface area (Å²) < 4.78 is 10.4. The molecular weight excluding hydrogens is 232 g/mol. The number of nitrogens with zero attached hydrogens (tertiary/aromatic N) is 3. The molecule has 18 heavy (non-hydrogen) atoms. The van der Waals surface area contributed by atoms with Crippen LogP contribution in [-0.4, -0.2) is 22.2 Å². The van der Waals surface area contributed by atoms with Crippen LogP contribution in [0.2, 0.25) is 0 Å². The Hall–Kier alpha value is -1.95. The molecule has 6 nitrogen and oxygen atoms in total. The van der Waals surface area contributed by atoms with Gasteiger partial charge in [0.05, 0.1) is 12.6 Å². The molecule has 96 valence electrons. The largest absolute Gasteiger partial charge is 0.480 e. The Morgan fingerprint density at radius 3 is 2.94 bits per heavy atom. The number of pyridine rings is 1. The van der Waals surface area contributed by atoms with Crippen molar-refractivity contribution < 1.29 is 9.26 Å². The minimum Gasteiger partial charge on any atom is -0.480 e. The number of aromatic nitrogens is 3. The Bertz CT molecular complexity index is 536. The van der Waals surface area contributed by atoms with Gasteiger partial charge in [0.2, 0.25) is 5.88 Å². The number of methoxy groups -OCH3 is 1. The highest BCUT2D eigenvalue weighted by Gasteiger charge is 2.26. The molecule has 2 aromatic rings. The maximum atomic E-state index is 6.07. The van der Waals surface area contributed by atoms with E-state index in [-0.39, 0.29) is 0 Å². The second-order valence-electron chi connectivity index (χ2n) is 4.25. The van der Waals surface area contributed by atoms with Gasteiger partial charge in [-0.15, -0.1) is 0 Å². The Labute approximate surface area is 105 Å². The molecule has 2 heterocycles. The van der Waals surface area contributed by atoms with Gasteiger partial charge in [0.15, 0.2) is 5.82 Å². The number of nitrogens with two attached hydrogens (primary N) is 1. The maximum Gasteiger partial charge on any atom is 0.263 e. The van der Waals surface area contributed by atoms with E-state index in [0.717, 1.165) is 6.42 Å². The van der Waals surface area contributed by atoms with Gasteiger partial charge in [0.1, 0.15) is 5.56 Å². The lowest BCUT2D eigenvalue weighted by Crippen LogP contribution is -2.33. The monoisotopic (exact) mass is 248 g/mol. The van der Waals surface area contributed by atoms with Crippen molar-refractivity contribution in [1.82, 2.24) is 15.1 Å². The third-order valence-electron chi connectivity index (χ3n) is 2.87. The third kappa shape index (κ3) is 2.19. The number of rotatable bonds is 4. The molecule has 0 aliphatic rings. The van der Waals surface area contributed by atoms with Gasteiger partial charge in [-0.3, -0.25) is 0 Å².